The Bertz CT molecular complexity index is 2130. The summed E-state index contributed by atoms with van der Waals surface area (Å²) in [6.07, 6.45) is 45.0. The molecule has 11 rings (SSSR count). The molecule has 3 heteroatoms. The number of allylic oxidation sites excluding steroid dienone is 15. The van der Waals surface area contributed by atoms with Crippen LogP contribution in [0.2, 0.25) is 0 Å². The smallest absolute Gasteiger partial charge is 0.0443 e. The van der Waals surface area contributed by atoms with E-state index >= 15 is 0 Å². The zero-order valence-corrected chi connectivity index (χ0v) is 32.6. The number of hydrogen-bond acceptors (Lipinski definition) is 3. The van der Waals surface area contributed by atoms with Crippen LogP contribution in [-0.4, -0.2) is 21.4 Å². The standard InChI is InChI=1S/C50H51NS2/c1-32-14-5-9-22-43(32)51-44-23-10-6-17-37(44)38-30-34(26-28-45(38)51)35-27-29-48-42(31-35)50(39-19-7-11-24-46(39)52-48)40-20-8-12-25-47(40)53-49-36(18-13-21-41(49)50)33-15-3-2-4-16-33/h3,6-8,11-13,15-17,19-22,24-25,27,29-32,36,38,40-41,45,47,49H,2,4-5,9-10,14,18,23,26,28H2,1H3. The normalized spacial score (nSPS) is 36.2. The van der Waals surface area contributed by atoms with E-state index in [1.54, 1.807) is 39.2 Å². The molecule has 9 atom stereocenters. The van der Waals surface area contributed by atoms with Crippen molar-refractivity contribution < 1.29 is 0 Å². The van der Waals surface area contributed by atoms with Gasteiger partial charge in [-0.15, -0.1) is 11.8 Å². The molecular weight excluding hydrogens is 679 g/mol. The van der Waals surface area contributed by atoms with Crippen LogP contribution in [0.3, 0.4) is 0 Å². The van der Waals surface area contributed by atoms with Gasteiger partial charge in [0.05, 0.1) is 0 Å². The van der Waals surface area contributed by atoms with Gasteiger partial charge in [-0.1, -0.05) is 122 Å². The molecule has 6 aliphatic carbocycles. The van der Waals surface area contributed by atoms with Gasteiger partial charge >= 0.3 is 0 Å². The van der Waals surface area contributed by atoms with Gasteiger partial charge in [-0.2, -0.15) is 0 Å². The summed E-state index contributed by atoms with van der Waals surface area (Å²) in [5, 5.41) is 0.980. The van der Waals surface area contributed by atoms with E-state index < -0.39 is 0 Å². The Balaban J connectivity index is 1.06. The highest BCUT2D eigenvalue weighted by molar-refractivity contribution is 8.00. The lowest BCUT2D eigenvalue weighted by Crippen LogP contribution is -2.57. The highest BCUT2D eigenvalue weighted by atomic mass is 32.2. The Labute approximate surface area is 325 Å². The van der Waals surface area contributed by atoms with Crippen LogP contribution in [0, 0.1) is 29.6 Å². The Morgan fingerprint density at radius 1 is 0.792 bits per heavy atom. The molecule has 9 aliphatic rings. The molecule has 0 N–H and O–H groups in total. The lowest BCUT2D eigenvalue weighted by Gasteiger charge is -2.59. The molecule has 1 spiro atoms. The fourth-order valence-corrected chi connectivity index (χ4v) is 15.3. The van der Waals surface area contributed by atoms with Crippen LogP contribution in [0.15, 0.2) is 154 Å². The SMILES string of the molecule is CC1CCCC=C1N1C2=C(C=CCC2)C2C=C(c3ccc4c(c3)C3(c5ccccc5S4)C4C=CC=CC4SC4C(C5=CCCC=C5)CC=CC43)CCC21. The molecular formula is C50H51NS2. The first kappa shape index (κ1) is 33.0. The van der Waals surface area contributed by atoms with E-state index in [2.05, 4.69) is 145 Å². The van der Waals surface area contributed by atoms with E-state index in [4.69, 9.17) is 0 Å². The van der Waals surface area contributed by atoms with Crippen LogP contribution in [-0.2, 0) is 5.41 Å². The molecule has 1 saturated heterocycles. The molecule has 0 aromatic heterocycles. The third-order valence-corrected chi connectivity index (χ3v) is 17.2. The number of rotatable bonds is 3. The largest absolute Gasteiger partial charge is 0.344 e. The summed E-state index contributed by atoms with van der Waals surface area (Å²) in [5.74, 6) is 2.50. The Morgan fingerprint density at radius 2 is 1.70 bits per heavy atom. The molecule has 53 heavy (non-hydrogen) atoms. The molecule has 2 aromatic carbocycles. The maximum absolute atomic E-state index is 2.86. The molecule has 1 fully saturated rings. The van der Waals surface area contributed by atoms with Gasteiger partial charge in [0.25, 0.3) is 0 Å². The van der Waals surface area contributed by atoms with Crippen molar-refractivity contribution in [2.45, 2.75) is 103 Å². The zero-order valence-electron chi connectivity index (χ0n) is 31.0. The average molecular weight is 730 g/mol. The number of hydrogen-bond donors (Lipinski definition) is 0. The summed E-state index contributed by atoms with van der Waals surface area (Å²) in [6, 6.07) is 17.8. The van der Waals surface area contributed by atoms with Crippen molar-refractivity contribution in [3.05, 3.63) is 161 Å². The highest BCUT2D eigenvalue weighted by Gasteiger charge is 2.60. The highest BCUT2D eigenvalue weighted by Crippen LogP contribution is 2.66. The first-order chi connectivity index (χ1) is 26.2. The van der Waals surface area contributed by atoms with Gasteiger partial charge in [0, 0.05) is 60.9 Å². The second kappa shape index (κ2) is 13.1. The second-order valence-corrected chi connectivity index (χ2v) is 19.5. The summed E-state index contributed by atoms with van der Waals surface area (Å²) in [6.45, 7) is 2.48. The molecule has 0 saturated carbocycles. The number of fused-ring (bicyclic) bond motifs is 10. The predicted octanol–water partition coefficient (Wildman–Crippen LogP) is 12.9. The van der Waals surface area contributed by atoms with E-state index in [0.717, 1.165) is 12.8 Å². The van der Waals surface area contributed by atoms with Crippen LogP contribution >= 0.6 is 23.5 Å². The Kier molecular flexibility index (Phi) is 8.17. The number of nitrogens with zero attached hydrogens (tertiary/aromatic N) is 1. The van der Waals surface area contributed by atoms with Crippen molar-refractivity contribution in [3.63, 3.8) is 0 Å². The molecule has 0 radical (unpaired) electrons. The van der Waals surface area contributed by atoms with Crippen LogP contribution in [0.4, 0.5) is 0 Å². The topological polar surface area (TPSA) is 3.24 Å². The molecule has 3 aliphatic heterocycles. The van der Waals surface area contributed by atoms with Gasteiger partial charge in [0.15, 0.2) is 0 Å². The monoisotopic (exact) mass is 729 g/mol. The third kappa shape index (κ3) is 5.05. The van der Waals surface area contributed by atoms with Crippen molar-refractivity contribution in [2.24, 2.45) is 29.6 Å². The summed E-state index contributed by atoms with van der Waals surface area (Å²) in [7, 11) is 0. The number of thioether (sulfide) groups is 1. The van der Waals surface area contributed by atoms with Gasteiger partial charge < -0.3 is 4.90 Å². The molecule has 1 nitrogen and oxygen atoms in total. The van der Waals surface area contributed by atoms with Gasteiger partial charge in [-0.05, 0) is 128 Å². The van der Waals surface area contributed by atoms with Crippen LogP contribution in [0.1, 0.15) is 87.8 Å². The Hall–Kier alpha value is -3.40. The van der Waals surface area contributed by atoms with Crippen molar-refractivity contribution >= 4 is 29.1 Å². The van der Waals surface area contributed by atoms with Gasteiger partial charge in [-0.25, -0.2) is 0 Å². The minimum absolute atomic E-state index is 0.129. The van der Waals surface area contributed by atoms with E-state index in [-0.39, 0.29) is 5.41 Å². The van der Waals surface area contributed by atoms with Gasteiger partial charge in [0.2, 0.25) is 0 Å². The van der Waals surface area contributed by atoms with Crippen LogP contribution < -0.4 is 0 Å². The predicted molar refractivity (Wildman–Crippen MR) is 225 cm³/mol. The summed E-state index contributed by atoms with van der Waals surface area (Å²) < 4.78 is 0. The first-order valence-electron chi connectivity index (χ1n) is 20.8. The minimum Gasteiger partial charge on any atom is -0.344 e. The Morgan fingerprint density at radius 3 is 2.62 bits per heavy atom. The quantitative estimate of drug-likeness (QED) is 0.290. The number of benzene rings is 2. The van der Waals surface area contributed by atoms with Crippen molar-refractivity contribution in [2.75, 3.05) is 0 Å². The molecule has 3 heterocycles. The van der Waals surface area contributed by atoms with E-state index in [1.165, 1.54) is 66.7 Å². The first-order valence-corrected chi connectivity index (χ1v) is 22.5. The van der Waals surface area contributed by atoms with Crippen molar-refractivity contribution in [1.82, 2.24) is 4.90 Å². The molecule has 0 amide bonds. The van der Waals surface area contributed by atoms with E-state index in [0.29, 0.717) is 46.1 Å². The maximum atomic E-state index is 2.86. The summed E-state index contributed by atoms with van der Waals surface area (Å²) in [4.78, 5) is 5.78. The molecule has 9 unspecified atom stereocenters. The fourth-order valence-electron chi connectivity index (χ4n) is 12.1. The molecule has 0 bridgehead atoms. The lowest BCUT2D eigenvalue weighted by atomic mass is 9.53. The minimum atomic E-state index is -0.129. The zero-order chi connectivity index (χ0) is 35.1. The second-order valence-electron chi connectivity index (χ2n) is 17.0. The van der Waals surface area contributed by atoms with Crippen molar-refractivity contribution in [1.29, 1.82) is 0 Å². The van der Waals surface area contributed by atoms with Gasteiger partial charge in [0.1, 0.15) is 0 Å². The third-order valence-electron chi connectivity index (χ3n) is 14.4. The molecule has 268 valence electrons. The van der Waals surface area contributed by atoms with Gasteiger partial charge in [-0.3, -0.25) is 0 Å². The average Bonchev–Trinajstić information content (AvgIpc) is 3.54. The summed E-state index contributed by atoms with van der Waals surface area (Å²) >= 11 is 4.30. The lowest BCUT2D eigenvalue weighted by molar-refractivity contribution is 0.235. The van der Waals surface area contributed by atoms with E-state index in [1.807, 2.05) is 11.8 Å². The van der Waals surface area contributed by atoms with Crippen molar-refractivity contribution in [3.8, 4) is 0 Å². The fraction of sp³-hybridized carbons (Fsp3) is 0.400. The van der Waals surface area contributed by atoms with E-state index in [9.17, 15) is 0 Å². The van der Waals surface area contributed by atoms with Crippen LogP contribution in [0.25, 0.3) is 5.57 Å². The summed E-state index contributed by atoms with van der Waals surface area (Å²) in [5.41, 5.74) is 12.5. The maximum Gasteiger partial charge on any atom is 0.0443 e. The van der Waals surface area contributed by atoms with Crippen LogP contribution in [0.5, 0.6) is 0 Å². The molecule has 2 aromatic rings.